The van der Waals surface area contributed by atoms with E-state index in [0.29, 0.717) is 16.6 Å². The summed E-state index contributed by atoms with van der Waals surface area (Å²) in [5.41, 5.74) is 3.71. The molecule has 4 nitrogen and oxygen atoms in total. The number of fused-ring (bicyclic) bond motifs is 1. The van der Waals surface area contributed by atoms with E-state index < -0.39 is 13.2 Å². The molecule has 1 aliphatic rings. The Hall–Kier alpha value is -1.40. The molecular formula is C20H27BrN4Si. The lowest BCUT2D eigenvalue weighted by atomic mass is 10.1. The molecule has 2 heterocycles. The van der Waals surface area contributed by atoms with Crippen molar-refractivity contribution in [3.63, 3.8) is 0 Å². The second-order valence-corrected chi connectivity index (χ2v) is 15.2. The second-order valence-electron chi connectivity index (χ2n) is 8.16. The fourth-order valence-electron chi connectivity index (χ4n) is 5.44. The van der Waals surface area contributed by atoms with Gasteiger partial charge < -0.3 is 0 Å². The van der Waals surface area contributed by atoms with Crippen LogP contribution < -0.4 is 0 Å². The topological polar surface area (TPSA) is 50.0 Å². The van der Waals surface area contributed by atoms with Gasteiger partial charge in [0.25, 0.3) is 0 Å². The van der Waals surface area contributed by atoms with Crippen molar-refractivity contribution in [3.05, 3.63) is 40.5 Å². The molecule has 1 aromatic heterocycles. The standard InChI is InChI=1S/C20H27BrN4Si/c1-13(2)26(14(3)4,15(5)6)20(12-23-25-24-20)17-9-16-10-18(21)7-8-19(16)22-11-17/h7-15H,1-6H3. The monoisotopic (exact) mass is 430 g/mol. The smallest absolute Gasteiger partial charge is 0.136 e. The van der Waals surface area contributed by atoms with Crippen LogP contribution in [0.5, 0.6) is 0 Å². The van der Waals surface area contributed by atoms with Gasteiger partial charge in [-0.3, -0.25) is 4.98 Å². The Labute approximate surface area is 165 Å². The van der Waals surface area contributed by atoms with Crippen LogP contribution in [0.3, 0.4) is 0 Å². The summed E-state index contributed by atoms with van der Waals surface area (Å²) in [6.07, 6.45) is 3.99. The molecule has 1 unspecified atom stereocenters. The van der Waals surface area contributed by atoms with Crippen molar-refractivity contribution in [2.75, 3.05) is 0 Å². The third-order valence-corrected chi connectivity index (χ3v) is 14.2. The summed E-state index contributed by atoms with van der Waals surface area (Å²) in [6, 6.07) is 8.42. The first-order valence-electron chi connectivity index (χ1n) is 9.28. The number of halogens is 1. The summed E-state index contributed by atoms with van der Waals surface area (Å²) >= 11 is 3.58. The molecule has 138 valence electrons. The maximum atomic E-state index is 4.82. The van der Waals surface area contributed by atoms with Gasteiger partial charge in [-0.2, -0.15) is 5.11 Å². The Bertz CT molecular complexity index is 839. The highest BCUT2D eigenvalue weighted by atomic mass is 79.9. The first-order valence-corrected chi connectivity index (χ1v) is 12.3. The number of pyridine rings is 1. The molecule has 0 saturated heterocycles. The van der Waals surface area contributed by atoms with Crippen LogP contribution in [-0.2, 0) is 5.16 Å². The summed E-state index contributed by atoms with van der Waals surface area (Å²) in [4.78, 5) is 4.74. The highest BCUT2D eigenvalue weighted by Gasteiger charge is 2.61. The third kappa shape index (κ3) is 2.69. The molecule has 1 aliphatic heterocycles. The van der Waals surface area contributed by atoms with Crippen molar-refractivity contribution in [2.45, 2.75) is 63.3 Å². The van der Waals surface area contributed by atoms with Crippen LogP contribution in [0.15, 0.2) is 50.4 Å². The molecule has 0 fully saturated rings. The minimum atomic E-state index is -2.05. The van der Waals surface area contributed by atoms with Crippen LogP contribution in [0.4, 0.5) is 0 Å². The van der Waals surface area contributed by atoms with Gasteiger partial charge in [0.1, 0.15) is 13.2 Å². The lowest BCUT2D eigenvalue weighted by Crippen LogP contribution is -2.61. The highest BCUT2D eigenvalue weighted by Crippen LogP contribution is 2.54. The van der Waals surface area contributed by atoms with E-state index in [1.165, 1.54) is 0 Å². The van der Waals surface area contributed by atoms with Gasteiger partial charge in [-0.1, -0.05) is 57.5 Å². The van der Waals surface area contributed by atoms with Gasteiger partial charge in [0.15, 0.2) is 0 Å². The summed E-state index contributed by atoms with van der Waals surface area (Å²) in [7, 11) is -2.05. The average Bonchev–Trinajstić information content (AvgIpc) is 3.04. The van der Waals surface area contributed by atoms with E-state index in [1.54, 1.807) is 0 Å². The maximum absolute atomic E-state index is 4.82. The second kappa shape index (κ2) is 6.96. The van der Waals surface area contributed by atoms with Gasteiger partial charge in [-0.15, -0.1) is 5.10 Å². The summed E-state index contributed by atoms with van der Waals surface area (Å²) in [6.45, 7) is 14.1. The predicted molar refractivity (Wildman–Crippen MR) is 116 cm³/mol. The molecule has 0 N–H and O–H groups in total. The SMILES string of the molecule is CC(C)[Si](C(C)C)(C(C)C)C1(c2cnc3ccc(Br)cc3c2)C=NN=N1. The van der Waals surface area contributed by atoms with E-state index in [4.69, 9.17) is 10.1 Å². The molecule has 2 aromatic rings. The zero-order valence-corrected chi connectivity index (χ0v) is 18.9. The van der Waals surface area contributed by atoms with Crippen molar-refractivity contribution in [1.82, 2.24) is 4.98 Å². The van der Waals surface area contributed by atoms with Gasteiger partial charge in [-0.05, 0) is 46.1 Å². The van der Waals surface area contributed by atoms with Crippen molar-refractivity contribution in [1.29, 1.82) is 0 Å². The molecule has 3 rings (SSSR count). The number of rotatable bonds is 5. The first-order chi connectivity index (χ1) is 12.3. The van der Waals surface area contributed by atoms with Gasteiger partial charge in [0.05, 0.1) is 11.7 Å². The van der Waals surface area contributed by atoms with Gasteiger partial charge >= 0.3 is 0 Å². The van der Waals surface area contributed by atoms with Gasteiger partial charge in [-0.25, -0.2) is 0 Å². The van der Waals surface area contributed by atoms with E-state index in [9.17, 15) is 0 Å². The maximum Gasteiger partial charge on any atom is 0.136 e. The van der Waals surface area contributed by atoms with Crippen LogP contribution in [-0.4, -0.2) is 19.3 Å². The van der Waals surface area contributed by atoms with Crippen LogP contribution in [0.25, 0.3) is 10.9 Å². The number of nitrogens with zero attached hydrogens (tertiary/aromatic N) is 4. The van der Waals surface area contributed by atoms with Crippen molar-refractivity contribution in [2.24, 2.45) is 15.4 Å². The molecule has 0 amide bonds. The van der Waals surface area contributed by atoms with E-state index in [1.807, 2.05) is 24.5 Å². The van der Waals surface area contributed by atoms with Crippen LogP contribution in [0.1, 0.15) is 47.1 Å². The average molecular weight is 431 g/mol. The fourth-order valence-corrected chi connectivity index (χ4v) is 13.6. The van der Waals surface area contributed by atoms with Crippen LogP contribution in [0, 0.1) is 0 Å². The Balaban J connectivity index is 2.32. The lowest BCUT2D eigenvalue weighted by Gasteiger charge is -2.51. The number of hydrogen-bond donors (Lipinski definition) is 0. The zero-order chi connectivity index (χ0) is 19.1. The summed E-state index contributed by atoms with van der Waals surface area (Å²) in [5, 5.41) is 13.8. The molecule has 0 saturated carbocycles. The first kappa shape index (κ1) is 19.4. The van der Waals surface area contributed by atoms with E-state index in [2.05, 4.69) is 79.9 Å². The molecule has 0 spiro atoms. The van der Waals surface area contributed by atoms with Crippen LogP contribution >= 0.6 is 15.9 Å². The number of hydrogen-bond acceptors (Lipinski definition) is 4. The number of aromatic nitrogens is 1. The van der Waals surface area contributed by atoms with E-state index >= 15 is 0 Å². The third-order valence-electron chi connectivity index (χ3n) is 6.11. The molecule has 0 radical (unpaired) electrons. The molecule has 26 heavy (non-hydrogen) atoms. The summed E-state index contributed by atoms with van der Waals surface area (Å²) in [5.74, 6) is 0. The minimum Gasteiger partial charge on any atom is -0.256 e. The van der Waals surface area contributed by atoms with Crippen molar-refractivity contribution < 1.29 is 0 Å². The van der Waals surface area contributed by atoms with Crippen molar-refractivity contribution in [3.8, 4) is 0 Å². The Morgan fingerprint density at radius 1 is 0.962 bits per heavy atom. The quantitative estimate of drug-likeness (QED) is 0.477. The van der Waals surface area contributed by atoms with E-state index in [-0.39, 0.29) is 0 Å². The molecule has 0 bridgehead atoms. The van der Waals surface area contributed by atoms with Gasteiger partial charge in [0.2, 0.25) is 0 Å². The van der Waals surface area contributed by atoms with Crippen molar-refractivity contribution >= 4 is 41.1 Å². The van der Waals surface area contributed by atoms with Crippen LogP contribution in [0.2, 0.25) is 16.6 Å². The Morgan fingerprint density at radius 2 is 1.62 bits per heavy atom. The molecule has 1 atom stereocenters. The highest BCUT2D eigenvalue weighted by molar-refractivity contribution is 9.10. The largest absolute Gasteiger partial charge is 0.256 e. The Kier molecular flexibility index (Phi) is 5.19. The predicted octanol–water partition coefficient (Wildman–Crippen LogP) is 6.86. The molecule has 0 aliphatic carbocycles. The molecule has 6 heteroatoms. The van der Waals surface area contributed by atoms with Gasteiger partial charge in [0, 0.05) is 21.6 Å². The lowest BCUT2D eigenvalue weighted by molar-refractivity contribution is 0.673. The molecular weight excluding hydrogens is 404 g/mol. The number of benzene rings is 1. The molecule has 1 aromatic carbocycles. The fraction of sp³-hybridized carbons (Fsp3) is 0.500. The minimum absolute atomic E-state index is 0.465. The summed E-state index contributed by atoms with van der Waals surface area (Å²) < 4.78 is 1.06. The normalized spacial score (nSPS) is 20.2. The zero-order valence-electron chi connectivity index (χ0n) is 16.4. The van der Waals surface area contributed by atoms with E-state index in [0.717, 1.165) is 20.9 Å². The Morgan fingerprint density at radius 3 is 2.15 bits per heavy atom.